The lowest BCUT2D eigenvalue weighted by Gasteiger charge is -2.09. The van der Waals surface area contributed by atoms with E-state index in [2.05, 4.69) is 16.5 Å². The third kappa shape index (κ3) is 1.76. The van der Waals surface area contributed by atoms with Gasteiger partial charge in [-0.1, -0.05) is 6.92 Å². The molecule has 1 atom stereocenters. The van der Waals surface area contributed by atoms with E-state index in [4.69, 9.17) is 5.73 Å². The Morgan fingerprint density at radius 1 is 1.50 bits per heavy atom. The summed E-state index contributed by atoms with van der Waals surface area (Å²) in [5.41, 5.74) is 8.31. The summed E-state index contributed by atoms with van der Waals surface area (Å²) in [6.45, 7) is 4.70. The standard InChI is InChI=1S/C12H17N3O/c1-3-6-15-11-5-4-9(13)7-10(11)14-12(15)8(2)16/h4-5,7-8,16H,3,6,13H2,1-2H3. The lowest BCUT2D eigenvalue weighted by Crippen LogP contribution is -2.06. The fourth-order valence-electron chi connectivity index (χ4n) is 1.94. The van der Waals surface area contributed by atoms with Crippen LogP contribution in [0, 0.1) is 0 Å². The van der Waals surface area contributed by atoms with Gasteiger partial charge >= 0.3 is 0 Å². The molecule has 0 radical (unpaired) electrons. The van der Waals surface area contributed by atoms with E-state index in [1.807, 2.05) is 18.2 Å². The molecule has 4 heteroatoms. The van der Waals surface area contributed by atoms with Crippen molar-refractivity contribution in [2.45, 2.75) is 32.9 Å². The van der Waals surface area contributed by atoms with Gasteiger partial charge in [0, 0.05) is 12.2 Å². The first-order valence-corrected chi connectivity index (χ1v) is 5.57. The molecule has 2 rings (SSSR count). The second-order valence-electron chi connectivity index (χ2n) is 4.05. The average molecular weight is 219 g/mol. The number of nitrogen functional groups attached to an aromatic ring is 1. The molecule has 0 amide bonds. The van der Waals surface area contributed by atoms with Gasteiger partial charge in [-0.2, -0.15) is 0 Å². The van der Waals surface area contributed by atoms with Crippen LogP contribution >= 0.6 is 0 Å². The van der Waals surface area contributed by atoms with E-state index < -0.39 is 6.10 Å². The Morgan fingerprint density at radius 2 is 2.25 bits per heavy atom. The van der Waals surface area contributed by atoms with E-state index >= 15 is 0 Å². The molecule has 1 aromatic carbocycles. The second-order valence-corrected chi connectivity index (χ2v) is 4.05. The molecule has 1 heterocycles. The van der Waals surface area contributed by atoms with Crippen LogP contribution in [0.1, 0.15) is 32.2 Å². The Morgan fingerprint density at radius 3 is 2.88 bits per heavy atom. The first-order valence-electron chi connectivity index (χ1n) is 5.57. The molecule has 0 aliphatic carbocycles. The summed E-state index contributed by atoms with van der Waals surface area (Å²) in [4.78, 5) is 4.42. The molecule has 86 valence electrons. The number of aryl methyl sites for hydroxylation is 1. The van der Waals surface area contributed by atoms with Gasteiger partial charge < -0.3 is 15.4 Å². The van der Waals surface area contributed by atoms with Crippen molar-refractivity contribution in [3.05, 3.63) is 24.0 Å². The first kappa shape index (κ1) is 11.0. The van der Waals surface area contributed by atoms with Crippen molar-refractivity contribution in [2.24, 2.45) is 0 Å². The number of aliphatic hydroxyl groups excluding tert-OH is 1. The zero-order valence-corrected chi connectivity index (χ0v) is 9.64. The normalized spacial score (nSPS) is 13.2. The minimum Gasteiger partial charge on any atom is -0.399 e. The van der Waals surface area contributed by atoms with Crippen LogP contribution < -0.4 is 5.73 Å². The van der Waals surface area contributed by atoms with Crippen molar-refractivity contribution in [1.82, 2.24) is 9.55 Å². The smallest absolute Gasteiger partial charge is 0.138 e. The van der Waals surface area contributed by atoms with E-state index in [0.29, 0.717) is 11.5 Å². The first-order chi connectivity index (χ1) is 7.63. The van der Waals surface area contributed by atoms with Gasteiger partial charge in [-0.15, -0.1) is 0 Å². The van der Waals surface area contributed by atoms with Gasteiger partial charge in [-0.25, -0.2) is 4.98 Å². The third-order valence-corrected chi connectivity index (χ3v) is 2.62. The number of anilines is 1. The molecule has 0 aliphatic rings. The largest absolute Gasteiger partial charge is 0.399 e. The van der Waals surface area contributed by atoms with Crippen molar-refractivity contribution in [3.8, 4) is 0 Å². The number of fused-ring (bicyclic) bond motifs is 1. The average Bonchev–Trinajstić information content (AvgIpc) is 2.57. The van der Waals surface area contributed by atoms with Crippen molar-refractivity contribution < 1.29 is 5.11 Å². The Balaban J connectivity index is 2.65. The molecule has 2 aromatic rings. The van der Waals surface area contributed by atoms with Crippen LogP contribution in [-0.2, 0) is 6.54 Å². The maximum absolute atomic E-state index is 9.69. The lowest BCUT2D eigenvalue weighted by molar-refractivity contribution is 0.184. The summed E-state index contributed by atoms with van der Waals surface area (Å²) < 4.78 is 2.05. The molecule has 0 bridgehead atoms. The van der Waals surface area contributed by atoms with Crippen molar-refractivity contribution in [3.63, 3.8) is 0 Å². The summed E-state index contributed by atoms with van der Waals surface area (Å²) >= 11 is 0. The molecule has 0 aliphatic heterocycles. The molecule has 0 saturated heterocycles. The van der Waals surface area contributed by atoms with E-state index in [1.54, 1.807) is 6.92 Å². The van der Waals surface area contributed by atoms with Crippen LogP contribution in [0.25, 0.3) is 11.0 Å². The fourth-order valence-corrected chi connectivity index (χ4v) is 1.94. The monoisotopic (exact) mass is 219 g/mol. The zero-order valence-electron chi connectivity index (χ0n) is 9.64. The summed E-state index contributed by atoms with van der Waals surface area (Å²) in [7, 11) is 0. The third-order valence-electron chi connectivity index (χ3n) is 2.62. The maximum Gasteiger partial charge on any atom is 0.138 e. The molecule has 1 unspecified atom stereocenters. The zero-order chi connectivity index (χ0) is 11.7. The predicted molar refractivity (Wildman–Crippen MR) is 65.1 cm³/mol. The summed E-state index contributed by atoms with van der Waals surface area (Å²) in [5.74, 6) is 0.711. The Kier molecular flexibility index (Phi) is 2.83. The quantitative estimate of drug-likeness (QED) is 0.777. The van der Waals surface area contributed by atoms with E-state index in [0.717, 1.165) is 24.0 Å². The molecule has 0 spiro atoms. The Hall–Kier alpha value is -1.55. The summed E-state index contributed by atoms with van der Waals surface area (Å²) in [6, 6.07) is 5.66. The number of nitrogens with zero attached hydrogens (tertiary/aromatic N) is 2. The highest BCUT2D eigenvalue weighted by Crippen LogP contribution is 2.22. The van der Waals surface area contributed by atoms with Gasteiger partial charge in [0.2, 0.25) is 0 Å². The summed E-state index contributed by atoms with van der Waals surface area (Å²) in [6.07, 6.45) is 0.454. The van der Waals surface area contributed by atoms with Gasteiger partial charge in [-0.3, -0.25) is 0 Å². The van der Waals surface area contributed by atoms with Crippen LogP contribution in [0.2, 0.25) is 0 Å². The van der Waals surface area contributed by atoms with E-state index in [-0.39, 0.29) is 0 Å². The number of aliphatic hydroxyl groups is 1. The number of rotatable bonds is 3. The van der Waals surface area contributed by atoms with Gasteiger partial charge in [0.15, 0.2) is 0 Å². The highest BCUT2D eigenvalue weighted by atomic mass is 16.3. The molecular formula is C12H17N3O. The molecule has 0 fully saturated rings. The number of nitrogens with two attached hydrogens (primary N) is 1. The molecule has 4 nitrogen and oxygen atoms in total. The topological polar surface area (TPSA) is 64.1 Å². The van der Waals surface area contributed by atoms with Gasteiger partial charge in [0.05, 0.1) is 11.0 Å². The fraction of sp³-hybridized carbons (Fsp3) is 0.417. The van der Waals surface area contributed by atoms with Crippen molar-refractivity contribution >= 4 is 16.7 Å². The summed E-state index contributed by atoms with van der Waals surface area (Å²) in [5, 5.41) is 9.69. The van der Waals surface area contributed by atoms with Gasteiger partial charge in [0.25, 0.3) is 0 Å². The molecule has 3 N–H and O–H groups in total. The van der Waals surface area contributed by atoms with Crippen LogP contribution in [0.3, 0.4) is 0 Å². The molecule has 0 saturated carbocycles. The number of imidazole rings is 1. The van der Waals surface area contributed by atoms with Crippen LogP contribution in [0.15, 0.2) is 18.2 Å². The van der Waals surface area contributed by atoms with Crippen LogP contribution in [-0.4, -0.2) is 14.7 Å². The van der Waals surface area contributed by atoms with Crippen LogP contribution in [0.4, 0.5) is 5.69 Å². The maximum atomic E-state index is 9.69. The van der Waals surface area contributed by atoms with Crippen LogP contribution in [0.5, 0.6) is 0 Å². The van der Waals surface area contributed by atoms with Gasteiger partial charge in [-0.05, 0) is 31.5 Å². The molecule has 1 aromatic heterocycles. The minimum absolute atomic E-state index is 0.555. The van der Waals surface area contributed by atoms with E-state index in [9.17, 15) is 5.11 Å². The molecular weight excluding hydrogens is 202 g/mol. The predicted octanol–water partition coefficient (Wildman–Crippen LogP) is 2.08. The number of hydrogen-bond donors (Lipinski definition) is 2. The number of hydrogen-bond acceptors (Lipinski definition) is 3. The van der Waals surface area contributed by atoms with Crippen molar-refractivity contribution in [2.75, 3.05) is 5.73 Å². The van der Waals surface area contributed by atoms with Crippen molar-refractivity contribution in [1.29, 1.82) is 0 Å². The second kappa shape index (κ2) is 4.14. The number of aromatic nitrogens is 2. The minimum atomic E-state index is -0.555. The Labute approximate surface area is 94.7 Å². The lowest BCUT2D eigenvalue weighted by atomic mass is 10.3. The Bertz CT molecular complexity index is 502. The highest BCUT2D eigenvalue weighted by Gasteiger charge is 2.13. The number of benzene rings is 1. The molecule has 16 heavy (non-hydrogen) atoms. The SMILES string of the molecule is CCCn1c(C(C)O)nc2cc(N)ccc21. The van der Waals surface area contributed by atoms with E-state index in [1.165, 1.54) is 0 Å². The van der Waals surface area contributed by atoms with Gasteiger partial charge in [0.1, 0.15) is 11.9 Å². The highest BCUT2D eigenvalue weighted by molar-refractivity contribution is 5.79.